The first kappa shape index (κ1) is 12.2. The molecule has 2 aliphatic rings. The van der Waals surface area contributed by atoms with Crippen LogP contribution in [-0.2, 0) is 15.1 Å². The van der Waals surface area contributed by atoms with Gasteiger partial charge in [-0.2, -0.15) is 0 Å². The normalized spacial score (nSPS) is 21.5. The maximum Gasteiger partial charge on any atom is 0.260 e. The van der Waals surface area contributed by atoms with E-state index in [1.54, 1.807) is 0 Å². The van der Waals surface area contributed by atoms with E-state index in [-0.39, 0.29) is 5.91 Å². The predicted octanol–water partition coefficient (Wildman–Crippen LogP) is 3.77. The molecule has 4 rings (SSSR count). The topological polar surface area (TPSA) is 38.3 Å². The number of nitrogens with one attached hydrogen (secondary N) is 1. The van der Waals surface area contributed by atoms with Crippen LogP contribution in [0.3, 0.4) is 0 Å². The van der Waals surface area contributed by atoms with Crippen molar-refractivity contribution in [3.05, 3.63) is 65.2 Å². The van der Waals surface area contributed by atoms with Gasteiger partial charge in [-0.1, -0.05) is 42.5 Å². The summed E-state index contributed by atoms with van der Waals surface area (Å²) < 4.78 is 6.15. The van der Waals surface area contributed by atoms with Crippen molar-refractivity contribution in [3.63, 3.8) is 0 Å². The summed E-state index contributed by atoms with van der Waals surface area (Å²) in [6, 6.07) is 15.8. The van der Waals surface area contributed by atoms with Crippen molar-refractivity contribution in [3.8, 4) is 0 Å². The van der Waals surface area contributed by atoms with E-state index < -0.39 is 5.60 Å². The average Bonchev–Trinajstić information content (AvgIpc) is 2.93. The van der Waals surface area contributed by atoms with Gasteiger partial charge in [-0.25, -0.2) is 0 Å². The smallest absolute Gasteiger partial charge is 0.260 e. The van der Waals surface area contributed by atoms with Crippen molar-refractivity contribution < 1.29 is 9.53 Å². The number of carbonyl (C=O) groups excluding carboxylic acids is 1. The number of benzene rings is 2. The molecule has 0 saturated heterocycles. The molecule has 0 spiro atoms. The summed E-state index contributed by atoms with van der Waals surface area (Å²) in [4.78, 5) is 12.4. The zero-order valence-electron chi connectivity index (χ0n) is 11.9. The van der Waals surface area contributed by atoms with Gasteiger partial charge >= 0.3 is 0 Å². The number of para-hydroxylation sites is 1. The molecule has 0 unspecified atom stereocenters. The first-order valence-electron chi connectivity index (χ1n) is 7.02. The summed E-state index contributed by atoms with van der Waals surface area (Å²) in [7, 11) is 0. The van der Waals surface area contributed by atoms with E-state index in [4.69, 9.17) is 4.74 Å². The van der Waals surface area contributed by atoms with E-state index >= 15 is 0 Å². The highest BCUT2D eigenvalue weighted by molar-refractivity contribution is 6.36. The van der Waals surface area contributed by atoms with Crippen LogP contribution in [0.25, 0.3) is 11.3 Å². The lowest BCUT2D eigenvalue weighted by atomic mass is 9.94. The van der Waals surface area contributed by atoms with Gasteiger partial charge in [-0.15, -0.1) is 0 Å². The Morgan fingerprint density at radius 1 is 0.952 bits per heavy atom. The van der Waals surface area contributed by atoms with E-state index in [2.05, 4.69) is 11.4 Å². The molecule has 2 aromatic carbocycles. The van der Waals surface area contributed by atoms with Gasteiger partial charge in [-0.05, 0) is 19.9 Å². The van der Waals surface area contributed by atoms with Crippen molar-refractivity contribution >= 4 is 22.9 Å². The molecule has 3 heteroatoms. The Morgan fingerprint density at radius 3 is 2.43 bits per heavy atom. The maximum absolute atomic E-state index is 12.4. The standard InChI is InChI=1S/C18H15NO2/c1-18(2)13-9-5-3-7-11(13)16(21-18)15-12-8-4-6-10-14(12)19-17(15)20/h3-10H,1-2H3,(H,19,20). The molecular formula is C18H15NO2. The number of amides is 1. The van der Waals surface area contributed by atoms with Gasteiger partial charge in [0.2, 0.25) is 0 Å². The number of carbonyl (C=O) groups is 1. The van der Waals surface area contributed by atoms with Crippen LogP contribution in [0.1, 0.15) is 30.5 Å². The van der Waals surface area contributed by atoms with Crippen molar-refractivity contribution in [2.45, 2.75) is 19.4 Å². The number of anilines is 1. The molecule has 3 nitrogen and oxygen atoms in total. The monoisotopic (exact) mass is 277 g/mol. The molecule has 0 bridgehead atoms. The molecule has 21 heavy (non-hydrogen) atoms. The van der Waals surface area contributed by atoms with Crippen molar-refractivity contribution in [1.82, 2.24) is 0 Å². The van der Waals surface area contributed by atoms with Crippen LogP contribution in [0.5, 0.6) is 0 Å². The maximum atomic E-state index is 12.4. The molecule has 0 aliphatic carbocycles. The van der Waals surface area contributed by atoms with Crippen LogP contribution < -0.4 is 5.32 Å². The number of ether oxygens (including phenoxy) is 1. The highest BCUT2D eigenvalue weighted by Crippen LogP contribution is 2.47. The zero-order valence-corrected chi connectivity index (χ0v) is 11.9. The van der Waals surface area contributed by atoms with Crippen LogP contribution in [0.4, 0.5) is 5.69 Å². The molecule has 2 heterocycles. The fourth-order valence-electron chi connectivity index (χ4n) is 3.10. The summed E-state index contributed by atoms with van der Waals surface area (Å²) in [5, 5.41) is 2.91. The fraction of sp³-hybridized carbons (Fsp3) is 0.167. The summed E-state index contributed by atoms with van der Waals surface area (Å²) in [5.41, 5.74) is 4.08. The third-order valence-electron chi connectivity index (χ3n) is 4.08. The van der Waals surface area contributed by atoms with Crippen LogP contribution in [0.15, 0.2) is 48.5 Å². The van der Waals surface area contributed by atoms with Gasteiger partial charge in [0.05, 0.1) is 5.57 Å². The Bertz CT molecular complexity index is 802. The molecular weight excluding hydrogens is 262 g/mol. The molecule has 0 fully saturated rings. The Morgan fingerprint density at radius 2 is 1.62 bits per heavy atom. The van der Waals surface area contributed by atoms with Crippen LogP contribution in [-0.4, -0.2) is 5.91 Å². The number of rotatable bonds is 0. The second-order valence-corrected chi connectivity index (χ2v) is 5.86. The fourth-order valence-corrected chi connectivity index (χ4v) is 3.10. The quantitative estimate of drug-likeness (QED) is 0.744. The first-order valence-corrected chi connectivity index (χ1v) is 7.02. The van der Waals surface area contributed by atoms with Crippen molar-refractivity contribution in [2.75, 3.05) is 5.32 Å². The van der Waals surface area contributed by atoms with Crippen molar-refractivity contribution in [2.24, 2.45) is 0 Å². The summed E-state index contributed by atoms with van der Waals surface area (Å²) >= 11 is 0. The predicted molar refractivity (Wildman–Crippen MR) is 82.4 cm³/mol. The highest BCUT2D eigenvalue weighted by Gasteiger charge is 2.39. The number of hydrogen-bond donors (Lipinski definition) is 1. The minimum absolute atomic E-state index is 0.0984. The molecule has 0 aromatic heterocycles. The second kappa shape index (κ2) is 3.98. The van der Waals surface area contributed by atoms with Crippen LogP contribution >= 0.6 is 0 Å². The number of hydrogen-bond acceptors (Lipinski definition) is 2. The van der Waals surface area contributed by atoms with Gasteiger partial charge in [0.15, 0.2) is 0 Å². The largest absolute Gasteiger partial charge is 0.482 e. The van der Waals surface area contributed by atoms with Gasteiger partial charge in [0.1, 0.15) is 11.4 Å². The minimum atomic E-state index is -0.420. The van der Waals surface area contributed by atoms with Gasteiger partial charge < -0.3 is 10.1 Å². The third-order valence-corrected chi connectivity index (χ3v) is 4.08. The molecule has 1 amide bonds. The molecule has 0 radical (unpaired) electrons. The SMILES string of the molecule is CC1(C)OC(=C2C(=O)Nc3ccccc32)c2ccccc21. The molecule has 1 N–H and O–H groups in total. The number of fused-ring (bicyclic) bond motifs is 2. The summed E-state index contributed by atoms with van der Waals surface area (Å²) in [6.07, 6.45) is 0. The molecule has 2 aliphatic heterocycles. The lowest BCUT2D eigenvalue weighted by molar-refractivity contribution is -0.110. The highest BCUT2D eigenvalue weighted by atomic mass is 16.5. The summed E-state index contributed by atoms with van der Waals surface area (Å²) in [6.45, 7) is 4.05. The molecule has 0 saturated carbocycles. The van der Waals surface area contributed by atoms with Gasteiger partial charge in [-0.3, -0.25) is 4.79 Å². The van der Waals surface area contributed by atoms with E-state index in [0.717, 1.165) is 22.4 Å². The lowest BCUT2D eigenvalue weighted by Gasteiger charge is -2.19. The van der Waals surface area contributed by atoms with E-state index in [0.29, 0.717) is 11.3 Å². The lowest BCUT2D eigenvalue weighted by Crippen LogP contribution is -2.14. The van der Waals surface area contributed by atoms with E-state index in [1.807, 2.05) is 56.3 Å². The first-order chi connectivity index (χ1) is 10.1. The molecule has 2 aromatic rings. The Hall–Kier alpha value is -2.55. The van der Waals surface area contributed by atoms with Crippen molar-refractivity contribution in [1.29, 1.82) is 0 Å². The molecule has 104 valence electrons. The third kappa shape index (κ3) is 1.64. The second-order valence-electron chi connectivity index (χ2n) is 5.86. The Kier molecular flexibility index (Phi) is 2.31. The zero-order chi connectivity index (χ0) is 14.6. The average molecular weight is 277 g/mol. The van der Waals surface area contributed by atoms with Crippen LogP contribution in [0, 0.1) is 0 Å². The van der Waals surface area contributed by atoms with E-state index in [9.17, 15) is 4.79 Å². The van der Waals surface area contributed by atoms with Gasteiger partial charge in [0, 0.05) is 22.4 Å². The molecule has 0 atom stereocenters. The van der Waals surface area contributed by atoms with Gasteiger partial charge in [0.25, 0.3) is 5.91 Å². The minimum Gasteiger partial charge on any atom is -0.482 e. The Labute approximate surface area is 123 Å². The van der Waals surface area contributed by atoms with E-state index in [1.165, 1.54) is 0 Å². The summed E-state index contributed by atoms with van der Waals surface area (Å²) in [5.74, 6) is 0.580. The van der Waals surface area contributed by atoms with Crippen LogP contribution in [0.2, 0.25) is 0 Å². The Balaban J connectivity index is 2.01.